The number of nitrogens with zero attached hydrogens (tertiary/aromatic N) is 7. The molecular weight excluding hydrogens is 1100 g/mol. The first-order valence-electron chi connectivity index (χ1n) is 32.0. The number of ether oxygens (including phenoxy) is 4. The number of aliphatic imine (C=N–C) groups is 3. The van der Waals surface area contributed by atoms with Crippen molar-refractivity contribution >= 4 is 103 Å². The fourth-order valence-corrected chi connectivity index (χ4v) is 16.2. The van der Waals surface area contributed by atoms with Crippen LogP contribution in [0, 0.1) is 0 Å². The molecule has 4 aliphatic heterocycles. The van der Waals surface area contributed by atoms with Gasteiger partial charge in [0.2, 0.25) is 0 Å². The minimum atomic E-state index is -4.56. The summed E-state index contributed by atoms with van der Waals surface area (Å²) in [5.74, 6) is 5.58. The number of nitrogens with one attached hydrogen (secondary N) is 1. The zero-order valence-electron chi connectivity index (χ0n) is 50.9. The first kappa shape index (κ1) is 56.4. The molecule has 8 aromatic carbocycles. The van der Waals surface area contributed by atoms with Gasteiger partial charge in [0, 0.05) is 56.7 Å². The van der Waals surface area contributed by atoms with Crippen LogP contribution in [0.25, 0.3) is 64.6 Å². The Morgan fingerprint density at radius 1 is 0.414 bits per heavy atom. The van der Waals surface area contributed by atoms with Gasteiger partial charge in [0.15, 0.2) is 11.7 Å². The molecule has 1 atom stereocenters. The lowest BCUT2D eigenvalue weighted by atomic mass is 9.99. The molecule has 1 unspecified atom stereocenters. The van der Waals surface area contributed by atoms with E-state index in [9.17, 15) is 0 Å². The van der Waals surface area contributed by atoms with Gasteiger partial charge in [-0.3, -0.25) is 8.47 Å². The van der Waals surface area contributed by atoms with E-state index in [0.29, 0.717) is 97.0 Å². The van der Waals surface area contributed by atoms with Crippen LogP contribution >= 0.6 is 0 Å². The number of aromatic nitrogens is 2. The molecule has 14 rings (SSSR count). The Morgan fingerprint density at radius 2 is 0.885 bits per heavy atom. The minimum absolute atomic E-state index is 0.344. The smallest absolute Gasteiger partial charge is 0.492 e. The Balaban J connectivity index is 1.28. The summed E-state index contributed by atoms with van der Waals surface area (Å²) in [6.45, 7) is 15.9. The molecule has 0 saturated carbocycles. The second kappa shape index (κ2) is 24.1. The average Bonchev–Trinajstić information content (AvgIpc) is 1.54. The molecule has 0 radical (unpaired) electrons. The molecule has 1 N–H and O–H groups in total. The van der Waals surface area contributed by atoms with Gasteiger partial charge in [-0.1, -0.05) is 177 Å². The number of hydrogen-bond donors (Lipinski definition) is 1. The zero-order valence-corrected chi connectivity index (χ0v) is 51.9. The summed E-state index contributed by atoms with van der Waals surface area (Å²) in [7, 11) is -4.56. The summed E-state index contributed by atoms with van der Waals surface area (Å²) in [4.78, 5) is 30.0. The van der Waals surface area contributed by atoms with Gasteiger partial charge in [0.1, 0.15) is 57.6 Å². The van der Waals surface area contributed by atoms with Crippen molar-refractivity contribution in [1.82, 2.24) is 13.8 Å². The fourth-order valence-electron chi connectivity index (χ4n) is 12.8. The number of unbranched alkanes of at least 4 members (excludes halogenated alkanes) is 6. The molecule has 0 spiro atoms. The first-order chi connectivity index (χ1) is 42.9. The third-order valence-electron chi connectivity index (χ3n) is 17.3. The van der Waals surface area contributed by atoms with Gasteiger partial charge in [0.25, 0.3) is 0 Å². The van der Waals surface area contributed by atoms with Gasteiger partial charge in [0.05, 0.1) is 48.3 Å². The predicted octanol–water partition coefficient (Wildman–Crippen LogP) is 16.2. The molecule has 6 heterocycles. The monoisotopic (exact) mass is 1180 g/mol. The number of benzene rings is 8. The van der Waals surface area contributed by atoms with Crippen LogP contribution in [0.5, 0.6) is 23.0 Å². The Hall–Kier alpha value is -8.37. The molecule has 2 aromatic heterocycles. The molecule has 0 amide bonds. The molecular formula is C72H76N8O6Si. The van der Waals surface area contributed by atoms with Crippen molar-refractivity contribution in [2.75, 3.05) is 39.6 Å². The summed E-state index contributed by atoms with van der Waals surface area (Å²) in [6.07, 6.45) is 9.82. The Morgan fingerprint density at radius 3 is 1.45 bits per heavy atom. The van der Waals surface area contributed by atoms with E-state index >= 15 is 0 Å². The summed E-state index contributed by atoms with van der Waals surface area (Å²) in [5, 5.41) is 15.1. The molecule has 6 bridgehead atoms. The van der Waals surface area contributed by atoms with Crippen LogP contribution in [0.15, 0.2) is 146 Å². The maximum Gasteiger partial charge on any atom is 0.603 e. The van der Waals surface area contributed by atoms with Gasteiger partial charge in [-0.05, 0) is 84.3 Å². The van der Waals surface area contributed by atoms with E-state index in [0.717, 1.165) is 170 Å². The maximum atomic E-state index is 8.06. The van der Waals surface area contributed by atoms with E-state index < -0.39 is 15.0 Å². The summed E-state index contributed by atoms with van der Waals surface area (Å²) in [6, 6.07) is 42.9. The van der Waals surface area contributed by atoms with E-state index in [1.165, 1.54) is 0 Å². The van der Waals surface area contributed by atoms with Crippen LogP contribution in [0.1, 0.15) is 147 Å². The van der Waals surface area contributed by atoms with Crippen LogP contribution in [0.2, 0.25) is 0 Å². The topological polar surface area (TPSA) is 139 Å². The predicted molar refractivity (Wildman–Crippen MR) is 354 cm³/mol. The van der Waals surface area contributed by atoms with E-state index in [4.69, 9.17) is 52.8 Å². The molecule has 0 saturated heterocycles. The van der Waals surface area contributed by atoms with Crippen molar-refractivity contribution in [3.05, 3.63) is 155 Å². The first-order valence-corrected chi connectivity index (χ1v) is 33.7. The third-order valence-corrected chi connectivity index (χ3v) is 20.4. The van der Waals surface area contributed by atoms with Crippen molar-refractivity contribution in [2.24, 2.45) is 25.0 Å². The zero-order chi connectivity index (χ0) is 59.2. The Kier molecular flexibility index (Phi) is 15.6. The quantitative estimate of drug-likeness (QED) is 0.0469. The second-order valence-corrected chi connectivity index (χ2v) is 25.9. The van der Waals surface area contributed by atoms with Crippen molar-refractivity contribution in [2.45, 2.75) is 125 Å². The van der Waals surface area contributed by atoms with Gasteiger partial charge < -0.3 is 33.1 Å². The number of rotatable bonds is 24. The summed E-state index contributed by atoms with van der Waals surface area (Å²) >= 11 is 0. The fraction of sp³-hybridized carbons (Fsp3) is 0.347. The van der Waals surface area contributed by atoms with Crippen LogP contribution in [0.4, 0.5) is 11.6 Å². The lowest BCUT2D eigenvalue weighted by molar-refractivity contribution is 0.144. The average molecular weight is 1180 g/mol. The highest BCUT2D eigenvalue weighted by molar-refractivity contribution is 6.66. The van der Waals surface area contributed by atoms with E-state index in [2.05, 4.69) is 177 Å². The van der Waals surface area contributed by atoms with Crippen molar-refractivity contribution in [1.29, 1.82) is 0 Å². The van der Waals surface area contributed by atoms with Crippen LogP contribution in [0.3, 0.4) is 0 Å². The molecule has 0 aliphatic carbocycles. The molecule has 15 heteroatoms. The van der Waals surface area contributed by atoms with Crippen molar-refractivity contribution < 1.29 is 27.8 Å². The molecule has 14 nitrogen and oxygen atoms in total. The highest BCUT2D eigenvalue weighted by atomic mass is 28.4. The summed E-state index contributed by atoms with van der Waals surface area (Å²) < 4.78 is 49.3. The van der Waals surface area contributed by atoms with Crippen molar-refractivity contribution in [3.63, 3.8) is 0 Å². The molecule has 4 aliphatic rings. The Labute approximate surface area is 508 Å². The summed E-state index contributed by atoms with van der Waals surface area (Å²) in [5.41, 5.74) is 4.51. The van der Waals surface area contributed by atoms with Crippen LogP contribution in [-0.4, -0.2) is 74.5 Å². The lowest BCUT2D eigenvalue weighted by Crippen LogP contribution is -2.64. The SMILES string of the molecule is CCCCOc1c2c(cc3ccccc13)/C1=N/c3c4c(OCCCC)c5ccccc5cc4c4n3[Si](OCCCC)(OCCCC)n3c(c5cc6ccccc6c(OCCCC)c5/c3=N/C3N/C(=N\4)c4c3cc3ccccc3c4OCCCC)=NC2=N1. The van der Waals surface area contributed by atoms with Crippen LogP contribution in [-0.2, 0) is 8.85 Å². The highest BCUT2D eigenvalue weighted by Gasteiger charge is 2.54. The van der Waals surface area contributed by atoms with E-state index in [1.54, 1.807) is 0 Å². The van der Waals surface area contributed by atoms with Gasteiger partial charge in [-0.2, -0.15) is 0 Å². The number of fused-ring (bicyclic) bond motifs is 19. The lowest BCUT2D eigenvalue weighted by Gasteiger charge is -2.33. The number of hydrogen-bond acceptors (Lipinski definition) is 12. The second-order valence-electron chi connectivity index (χ2n) is 23.3. The van der Waals surface area contributed by atoms with Gasteiger partial charge in [-0.15, -0.1) is 0 Å². The van der Waals surface area contributed by atoms with E-state index in [1.807, 2.05) is 0 Å². The standard InChI is InChI=1S/C72H76N8O6Si/c1-7-13-35-81-61-49-31-23-19-27-45(49)41-53-57(61)67-73-65(53)75-71-60-56(44-48-30-22-26-34-52(48)64(60)84-38-16-10-4)70-78-68-58-54(42-46-28-20-24-32-50(46)62(58)82-36-14-8-2)66(74-68)76-72-59-55(43-47-29-21-25-33-51(47)63(59)83-37-15-9-3)69(77-67)79(72)87(80(70)71,85-39-17-11-5)86-40-18-12-6/h19-34,41-44,65H,7-18,35-40H2,1-6H3,(H,73,77)/b75-71-,76-66-,78-70?. The van der Waals surface area contributed by atoms with E-state index in [-0.39, 0.29) is 0 Å². The van der Waals surface area contributed by atoms with Gasteiger partial charge >= 0.3 is 8.88 Å². The highest BCUT2D eigenvalue weighted by Crippen LogP contribution is 2.52. The molecule has 87 heavy (non-hydrogen) atoms. The molecule has 10 aromatic rings. The third kappa shape index (κ3) is 9.55. The van der Waals surface area contributed by atoms with Crippen LogP contribution < -0.4 is 35.2 Å². The largest absolute Gasteiger partial charge is 0.603 e. The minimum Gasteiger partial charge on any atom is -0.492 e. The molecule has 444 valence electrons. The van der Waals surface area contributed by atoms with Crippen molar-refractivity contribution in [3.8, 4) is 23.0 Å². The normalized spacial score (nSPS) is 16.8. The maximum absolute atomic E-state index is 8.06. The number of amidine groups is 3. The molecule has 0 fully saturated rings. The van der Waals surface area contributed by atoms with Gasteiger partial charge in [-0.25, -0.2) is 25.0 Å². The Bertz CT molecular complexity index is 4570.